The van der Waals surface area contributed by atoms with Crippen LogP contribution in [0.15, 0.2) is 48.5 Å². The molecule has 34 heavy (non-hydrogen) atoms. The maximum absolute atomic E-state index is 14.0. The van der Waals surface area contributed by atoms with Gasteiger partial charge in [-0.05, 0) is 35.2 Å². The second-order valence-corrected chi connectivity index (χ2v) is 8.71. The van der Waals surface area contributed by atoms with Gasteiger partial charge in [0.15, 0.2) is 23.2 Å². The van der Waals surface area contributed by atoms with Crippen molar-refractivity contribution in [1.82, 2.24) is 14.7 Å². The number of alkyl halides is 3. The summed E-state index contributed by atoms with van der Waals surface area (Å²) < 4.78 is 53.7. The van der Waals surface area contributed by atoms with E-state index in [1.807, 2.05) is 24.3 Å². The lowest BCUT2D eigenvalue weighted by Gasteiger charge is -2.33. The number of hydrogen-bond donors (Lipinski definition) is 1. The van der Waals surface area contributed by atoms with Gasteiger partial charge in [-0.1, -0.05) is 30.3 Å². The molecular formula is C24H21F3N4O3. The fourth-order valence-electron chi connectivity index (χ4n) is 4.86. The second-order valence-electron chi connectivity index (χ2n) is 8.71. The molecule has 1 aromatic heterocycles. The Morgan fingerprint density at radius 3 is 2.68 bits per heavy atom. The van der Waals surface area contributed by atoms with Gasteiger partial charge in [0, 0.05) is 25.6 Å². The van der Waals surface area contributed by atoms with Crippen LogP contribution in [-0.4, -0.2) is 40.1 Å². The van der Waals surface area contributed by atoms with Crippen LogP contribution in [0.3, 0.4) is 0 Å². The lowest BCUT2D eigenvalue weighted by Crippen LogP contribution is -2.37. The van der Waals surface area contributed by atoms with Crippen molar-refractivity contribution in [3.8, 4) is 11.5 Å². The minimum absolute atomic E-state index is 0.00229. The van der Waals surface area contributed by atoms with Gasteiger partial charge in [0.2, 0.25) is 6.79 Å². The summed E-state index contributed by atoms with van der Waals surface area (Å²) in [7, 11) is 0. The van der Waals surface area contributed by atoms with Crippen molar-refractivity contribution >= 4 is 11.7 Å². The average molecular weight is 470 g/mol. The first-order valence-electron chi connectivity index (χ1n) is 11.1. The van der Waals surface area contributed by atoms with E-state index in [-0.39, 0.29) is 30.6 Å². The summed E-state index contributed by atoms with van der Waals surface area (Å²) in [5.74, 6) is 0.854. The molecule has 6 rings (SSSR count). The number of halogens is 3. The number of ether oxygens (including phenoxy) is 2. The first-order chi connectivity index (χ1) is 16.4. The third-order valence-corrected chi connectivity index (χ3v) is 6.63. The summed E-state index contributed by atoms with van der Waals surface area (Å²) in [5.41, 5.74) is 2.87. The molecule has 2 atom stereocenters. The van der Waals surface area contributed by atoms with Gasteiger partial charge in [0.1, 0.15) is 5.82 Å². The van der Waals surface area contributed by atoms with E-state index >= 15 is 0 Å². The third-order valence-electron chi connectivity index (χ3n) is 6.63. The number of carbonyl (C=O) groups excluding carboxylic acids is 1. The quantitative estimate of drug-likeness (QED) is 0.599. The molecule has 2 aromatic carbocycles. The first kappa shape index (κ1) is 20.9. The summed E-state index contributed by atoms with van der Waals surface area (Å²) in [5, 5.41) is 7.25. The highest BCUT2D eigenvalue weighted by Crippen LogP contribution is 2.45. The molecule has 0 radical (unpaired) electrons. The molecule has 0 spiro atoms. The van der Waals surface area contributed by atoms with E-state index in [9.17, 15) is 18.0 Å². The number of anilines is 1. The maximum atomic E-state index is 14.0. The van der Waals surface area contributed by atoms with Gasteiger partial charge in [-0.25, -0.2) is 4.68 Å². The standard InChI is InChI=1S/C24H21F3N4O3/c25-24(26,27)21-10-17(15-5-6-19-20(9-15)34-13-33-19)28-22-11-18(29-31(21)22)23(32)30-8-7-14-3-1-2-4-16(14)12-30/h1-6,9,11,17,21,28H,7-8,10,12-13H2/t17-,21+/m0/s1. The highest BCUT2D eigenvalue weighted by molar-refractivity contribution is 5.93. The Kier molecular flexibility index (Phi) is 4.72. The highest BCUT2D eigenvalue weighted by Gasteiger charge is 2.47. The van der Waals surface area contributed by atoms with Gasteiger partial charge in [-0.2, -0.15) is 18.3 Å². The number of rotatable bonds is 2. The number of benzene rings is 2. The third kappa shape index (κ3) is 3.53. The maximum Gasteiger partial charge on any atom is 0.410 e. The fraction of sp³-hybridized carbons (Fsp3) is 0.333. The zero-order valence-corrected chi connectivity index (χ0v) is 18.0. The molecule has 3 aliphatic rings. The van der Waals surface area contributed by atoms with Gasteiger partial charge in [-0.15, -0.1) is 0 Å². The number of nitrogens with zero attached hydrogens (tertiary/aromatic N) is 3. The van der Waals surface area contributed by atoms with Crippen molar-refractivity contribution in [2.75, 3.05) is 18.7 Å². The van der Waals surface area contributed by atoms with E-state index in [1.54, 1.807) is 23.1 Å². The normalized spacial score (nSPS) is 21.0. The first-order valence-corrected chi connectivity index (χ1v) is 11.1. The van der Waals surface area contributed by atoms with Crippen LogP contribution in [0.2, 0.25) is 0 Å². The number of amides is 1. The lowest BCUT2D eigenvalue weighted by atomic mass is 9.96. The van der Waals surface area contributed by atoms with E-state index in [1.165, 1.54) is 11.6 Å². The molecule has 7 nitrogen and oxygen atoms in total. The van der Waals surface area contributed by atoms with Gasteiger partial charge >= 0.3 is 6.18 Å². The van der Waals surface area contributed by atoms with Crippen molar-refractivity contribution in [3.63, 3.8) is 0 Å². The summed E-state index contributed by atoms with van der Waals surface area (Å²) in [6.45, 7) is 0.989. The lowest BCUT2D eigenvalue weighted by molar-refractivity contribution is -0.173. The number of fused-ring (bicyclic) bond motifs is 3. The van der Waals surface area contributed by atoms with Gasteiger partial charge < -0.3 is 19.7 Å². The molecule has 3 aromatic rings. The molecule has 0 aliphatic carbocycles. The SMILES string of the molecule is O=C(c1cc2n(n1)[C@@H](C(F)(F)F)C[C@@H](c1ccc3c(c1)OCO3)N2)N1CCc2ccccc2C1. The van der Waals surface area contributed by atoms with E-state index in [0.717, 1.165) is 10.2 Å². The molecule has 1 N–H and O–H groups in total. The fourth-order valence-corrected chi connectivity index (χ4v) is 4.86. The second kappa shape index (κ2) is 7.68. The number of aromatic nitrogens is 2. The summed E-state index contributed by atoms with van der Waals surface area (Å²) in [6, 6.07) is 11.9. The van der Waals surface area contributed by atoms with Crippen molar-refractivity contribution in [3.05, 3.63) is 70.9 Å². The van der Waals surface area contributed by atoms with Crippen molar-refractivity contribution in [2.45, 2.75) is 37.6 Å². The minimum Gasteiger partial charge on any atom is -0.454 e. The molecule has 4 heterocycles. The zero-order chi connectivity index (χ0) is 23.4. The van der Waals surface area contributed by atoms with Crippen LogP contribution in [0, 0.1) is 0 Å². The van der Waals surface area contributed by atoms with Crippen LogP contribution in [0.25, 0.3) is 0 Å². The smallest absolute Gasteiger partial charge is 0.410 e. The summed E-state index contributed by atoms with van der Waals surface area (Å²) in [6.07, 6.45) is -4.09. The Hall–Kier alpha value is -3.69. The van der Waals surface area contributed by atoms with E-state index < -0.39 is 18.3 Å². The molecule has 0 bridgehead atoms. The van der Waals surface area contributed by atoms with E-state index in [0.29, 0.717) is 36.6 Å². The zero-order valence-electron chi connectivity index (χ0n) is 18.0. The van der Waals surface area contributed by atoms with Gasteiger partial charge in [0.25, 0.3) is 5.91 Å². The molecule has 0 saturated heterocycles. The topological polar surface area (TPSA) is 68.6 Å². The molecule has 10 heteroatoms. The van der Waals surface area contributed by atoms with Crippen molar-refractivity contribution in [1.29, 1.82) is 0 Å². The van der Waals surface area contributed by atoms with Crippen LogP contribution in [0.4, 0.5) is 19.0 Å². The van der Waals surface area contributed by atoms with Crippen LogP contribution in [-0.2, 0) is 13.0 Å². The van der Waals surface area contributed by atoms with Gasteiger partial charge in [-0.3, -0.25) is 4.79 Å². The van der Waals surface area contributed by atoms with Crippen molar-refractivity contribution in [2.24, 2.45) is 0 Å². The largest absolute Gasteiger partial charge is 0.454 e. The Morgan fingerprint density at radius 1 is 1.06 bits per heavy atom. The van der Waals surface area contributed by atoms with Gasteiger partial charge in [0.05, 0.1) is 6.04 Å². The Morgan fingerprint density at radius 2 is 1.85 bits per heavy atom. The minimum atomic E-state index is -4.53. The Balaban J connectivity index is 1.30. The van der Waals surface area contributed by atoms with Crippen LogP contribution >= 0.6 is 0 Å². The summed E-state index contributed by atoms with van der Waals surface area (Å²) >= 11 is 0. The van der Waals surface area contributed by atoms with E-state index in [2.05, 4.69) is 10.4 Å². The molecular weight excluding hydrogens is 449 g/mol. The summed E-state index contributed by atoms with van der Waals surface area (Å²) in [4.78, 5) is 14.8. The van der Waals surface area contributed by atoms with Crippen LogP contribution in [0.1, 0.15) is 45.7 Å². The Bertz CT molecular complexity index is 1270. The average Bonchev–Trinajstić information content (AvgIpc) is 3.48. The number of hydrogen-bond acceptors (Lipinski definition) is 5. The number of carbonyl (C=O) groups is 1. The van der Waals surface area contributed by atoms with E-state index in [4.69, 9.17) is 9.47 Å². The molecule has 1 amide bonds. The predicted octanol–water partition coefficient (Wildman–Crippen LogP) is 4.47. The molecule has 0 saturated carbocycles. The Labute approximate surface area is 193 Å². The molecule has 176 valence electrons. The molecule has 3 aliphatic heterocycles. The predicted molar refractivity (Wildman–Crippen MR) is 116 cm³/mol. The number of nitrogens with one attached hydrogen (secondary N) is 1. The molecule has 0 fully saturated rings. The highest BCUT2D eigenvalue weighted by atomic mass is 19.4. The monoisotopic (exact) mass is 470 g/mol. The van der Waals surface area contributed by atoms with Crippen LogP contribution in [0.5, 0.6) is 11.5 Å². The molecule has 0 unspecified atom stereocenters. The van der Waals surface area contributed by atoms with Crippen molar-refractivity contribution < 1.29 is 27.4 Å². The van der Waals surface area contributed by atoms with Crippen LogP contribution < -0.4 is 14.8 Å².